The predicted octanol–water partition coefficient (Wildman–Crippen LogP) is 4.78. The second kappa shape index (κ2) is 13.9. The number of unbranched alkanes of at least 4 members (excludes halogenated alkanes) is 1. The van der Waals surface area contributed by atoms with Crippen LogP contribution in [0.5, 0.6) is 0 Å². The van der Waals surface area contributed by atoms with Crippen LogP contribution in [0.1, 0.15) is 77.0 Å². The van der Waals surface area contributed by atoms with Gasteiger partial charge in [-0.15, -0.1) is 5.10 Å². The molecule has 2 aromatic rings. The molecular weight excluding hydrogens is 548 g/mol. The highest BCUT2D eigenvalue weighted by Crippen LogP contribution is 2.39. The van der Waals surface area contributed by atoms with Crippen molar-refractivity contribution in [2.75, 3.05) is 26.8 Å². The highest BCUT2D eigenvalue weighted by atomic mass is 19.1. The Balaban J connectivity index is 2.17. The van der Waals surface area contributed by atoms with Gasteiger partial charge in [-0.3, -0.25) is 4.79 Å². The predicted molar refractivity (Wildman–Crippen MR) is 154 cm³/mol. The van der Waals surface area contributed by atoms with Crippen LogP contribution in [0.4, 0.5) is 13.6 Å². The van der Waals surface area contributed by atoms with Gasteiger partial charge in [-0.1, -0.05) is 45.9 Å². The third-order valence-corrected chi connectivity index (χ3v) is 7.84. The lowest BCUT2D eigenvalue weighted by atomic mass is 9.73. The molecule has 10 nitrogen and oxygen atoms in total. The molecule has 1 aromatic carbocycles. The van der Waals surface area contributed by atoms with E-state index < -0.39 is 58.8 Å². The Morgan fingerprint density at radius 1 is 1.17 bits per heavy atom. The number of nitrogens with zero attached hydrogens (tertiary/aromatic N) is 5. The zero-order valence-corrected chi connectivity index (χ0v) is 25.7. The topological polar surface area (TPSA) is 121 Å². The number of hydrogen-bond acceptors (Lipinski definition) is 6. The maximum absolute atomic E-state index is 14.9. The van der Waals surface area contributed by atoms with Crippen LogP contribution < -0.4 is 0 Å². The first-order valence-electron chi connectivity index (χ1n) is 14.5. The SMILES string of the molecule is COCCCCc1c(C(=O)N(CC(C)C)[C@H]2C[C@@H](C(C)O)CN(C(=O)O)C2C(C)(C)C)nnn1-c1c(F)cccc1F. The molecule has 0 radical (unpaired) electrons. The van der Waals surface area contributed by atoms with Crippen LogP contribution in [-0.2, 0) is 11.2 Å². The maximum atomic E-state index is 14.9. The molecule has 0 aliphatic carbocycles. The highest BCUT2D eigenvalue weighted by Gasteiger charge is 2.49. The standard InChI is InChI=1S/C30H45F2N5O5/c1-18(2)16-35(24-15-20(19(3)38)17-36(29(40)41)27(24)30(4,5)6)28(39)25-23(13-8-9-14-42-7)37(34-33-25)26-21(31)11-10-12-22(26)32/h10-12,18-20,24,27,38H,8-9,13-17H2,1-7H3,(H,40,41)/t19?,20-,24+,27?/m1/s1. The van der Waals surface area contributed by atoms with Crippen LogP contribution in [0.3, 0.4) is 0 Å². The number of aliphatic hydroxyl groups is 1. The number of likely N-dealkylation sites (tertiary alicyclic amines) is 1. The minimum Gasteiger partial charge on any atom is -0.465 e. The van der Waals surface area contributed by atoms with Crippen molar-refractivity contribution >= 4 is 12.0 Å². The van der Waals surface area contributed by atoms with E-state index in [-0.39, 0.29) is 36.8 Å². The summed E-state index contributed by atoms with van der Waals surface area (Å²) in [5, 5.41) is 29.0. The average molecular weight is 594 g/mol. The van der Waals surface area contributed by atoms with E-state index in [2.05, 4.69) is 10.3 Å². The Morgan fingerprint density at radius 2 is 1.81 bits per heavy atom. The van der Waals surface area contributed by atoms with Crippen LogP contribution in [-0.4, -0.2) is 92.0 Å². The molecule has 1 aromatic heterocycles. The summed E-state index contributed by atoms with van der Waals surface area (Å²) in [6.07, 6.45) is -0.0997. The van der Waals surface area contributed by atoms with Crippen LogP contribution in [0.2, 0.25) is 0 Å². The van der Waals surface area contributed by atoms with Gasteiger partial charge in [0.1, 0.15) is 5.69 Å². The van der Waals surface area contributed by atoms with E-state index in [1.165, 1.54) is 11.0 Å². The molecule has 2 N–H and O–H groups in total. The Kier molecular flexibility index (Phi) is 11.0. The molecule has 3 rings (SSSR count). The summed E-state index contributed by atoms with van der Waals surface area (Å²) in [6, 6.07) is 2.31. The summed E-state index contributed by atoms with van der Waals surface area (Å²) in [5.74, 6) is -2.57. The summed E-state index contributed by atoms with van der Waals surface area (Å²) < 4.78 is 36.0. The van der Waals surface area contributed by atoms with E-state index in [4.69, 9.17) is 4.74 Å². The number of piperidine rings is 1. The lowest BCUT2D eigenvalue weighted by Gasteiger charge is -2.53. The number of benzene rings is 1. The Morgan fingerprint density at radius 3 is 2.33 bits per heavy atom. The summed E-state index contributed by atoms with van der Waals surface area (Å²) >= 11 is 0. The monoisotopic (exact) mass is 593 g/mol. The Hall–Kier alpha value is -3.12. The number of aromatic nitrogens is 3. The average Bonchev–Trinajstić information content (AvgIpc) is 3.31. The van der Waals surface area contributed by atoms with E-state index in [1.807, 2.05) is 34.6 Å². The normalized spacial score (nSPS) is 20.2. The molecule has 0 spiro atoms. The molecule has 2 unspecified atom stereocenters. The minimum absolute atomic E-state index is 0.00369. The molecule has 234 valence electrons. The molecule has 42 heavy (non-hydrogen) atoms. The second-order valence-corrected chi connectivity index (χ2v) is 12.7. The van der Waals surface area contributed by atoms with Gasteiger partial charge in [0.05, 0.1) is 23.9 Å². The summed E-state index contributed by atoms with van der Waals surface area (Å²) in [5.41, 5.74) is -0.750. The first kappa shape index (κ1) is 33.4. The van der Waals surface area contributed by atoms with E-state index in [1.54, 1.807) is 18.9 Å². The van der Waals surface area contributed by atoms with Crippen molar-refractivity contribution in [1.82, 2.24) is 24.8 Å². The quantitative estimate of drug-likeness (QED) is 0.360. The van der Waals surface area contributed by atoms with Gasteiger partial charge in [-0.25, -0.2) is 18.3 Å². The van der Waals surface area contributed by atoms with Crippen molar-refractivity contribution in [2.24, 2.45) is 17.3 Å². The summed E-state index contributed by atoms with van der Waals surface area (Å²) in [7, 11) is 1.58. The Bertz CT molecular complexity index is 1210. The van der Waals surface area contributed by atoms with Gasteiger partial charge in [0, 0.05) is 32.7 Å². The summed E-state index contributed by atoms with van der Waals surface area (Å²) in [6.45, 7) is 12.2. The van der Waals surface area contributed by atoms with Gasteiger partial charge in [0.2, 0.25) is 0 Å². The fourth-order valence-corrected chi connectivity index (χ4v) is 5.98. The van der Waals surface area contributed by atoms with Gasteiger partial charge >= 0.3 is 6.09 Å². The number of methoxy groups -OCH3 is 1. The lowest BCUT2D eigenvalue weighted by molar-refractivity contribution is -0.0453. The fourth-order valence-electron chi connectivity index (χ4n) is 5.98. The van der Waals surface area contributed by atoms with Crippen molar-refractivity contribution in [3.05, 3.63) is 41.2 Å². The molecule has 1 saturated heterocycles. The maximum Gasteiger partial charge on any atom is 0.407 e. The fraction of sp³-hybridized carbons (Fsp3) is 0.667. The van der Waals surface area contributed by atoms with Gasteiger partial charge in [0.25, 0.3) is 5.91 Å². The van der Waals surface area contributed by atoms with Gasteiger partial charge in [-0.2, -0.15) is 0 Å². The second-order valence-electron chi connectivity index (χ2n) is 12.7. The number of carboxylic acid groups (broad SMARTS) is 1. The first-order valence-corrected chi connectivity index (χ1v) is 14.5. The van der Waals surface area contributed by atoms with Crippen LogP contribution in [0.25, 0.3) is 5.69 Å². The molecule has 1 aliphatic rings. The van der Waals surface area contributed by atoms with Crippen molar-refractivity contribution in [3.63, 3.8) is 0 Å². The largest absolute Gasteiger partial charge is 0.465 e. The number of amides is 2. The molecule has 0 bridgehead atoms. The molecule has 1 fully saturated rings. The number of carbonyl (C=O) groups excluding carboxylic acids is 1. The Labute approximate surface area is 246 Å². The molecule has 2 heterocycles. The van der Waals surface area contributed by atoms with Crippen LogP contribution in [0.15, 0.2) is 18.2 Å². The lowest BCUT2D eigenvalue weighted by Crippen LogP contribution is -2.65. The van der Waals surface area contributed by atoms with E-state index in [0.717, 1.165) is 16.8 Å². The van der Waals surface area contributed by atoms with E-state index in [0.29, 0.717) is 25.9 Å². The molecule has 12 heteroatoms. The number of ether oxygens (including phenoxy) is 1. The number of rotatable bonds is 11. The molecule has 1 aliphatic heterocycles. The van der Waals surface area contributed by atoms with Gasteiger partial charge in [0.15, 0.2) is 17.3 Å². The van der Waals surface area contributed by atoms with E-state index in [9.17, 15) is 28.6 Å². The van der Waals surface area contributed by atoms with Gasteiger partial charge < -0.3 is 24.7 Å². The zero-order valence-electron chi connectivity index (χ0n) is 25.7. The first-order chi connectivity index (χ1) is 19.7. The number of hydrogen-bond donors (Lipinski definition) is 2. The molecule has 4 atom stereocenters. The number of para-hydroxylation sites is 1. The van der Waals surface area contributed by atoms with Crippen molar-refractivity contribution in [2.45, 2.75) is 85.4 Å². The van der Waals surface area contributed by atoms with E-state index >= 15 is 0 Å². The zero-order chi connectivity index (χ0) is 31.4. The van der Waals surface area contributed by atoms with Gasteiger partial charge in [-0.05, 0) is 56.1 Å². The molecular formula is C30H45F2N5O5. The third kappa shape index (κ3) is 7.44. The van der Waals surface area contributed by atoms with Crippen molar-refractivity contribution in [1.29, 1.82) is 0 Å². The number of aliphatic hydroxyl groups excluding tert-OH is 1. The highest BCUT2D eigenvalue weighted by molar-refractivity contribution is 5.94. The minimum atomic E-state index is -1.12. The van der Waals surface area contributed by atoms with Crippen molar-refractivity contribution < 1.29 is 33.3 Å². The third-order valence-electron chi connectivity index (χ3n) is 7.84. The van der Waals surface area contributed by atoms with Crippen molar-refractivity contribution in [3.8, 4) is 5.69 Å². The smallest absolute Gasteiger partial charge is 0.407 e. The molecule has 0 saturated carbocycles. The number of halogens is 2. The number of carbonyl (C=O) groups is 2. The van der Waals surface area contributed by atoms with Crippen LogP contribution in [0, 0.1) is 28.9 Å². The summed E-state index contributed by atoms with van der Waals surface area (Å²) in [4.78, 5) is 30.0. The molecule has 2 amide bonds. The van der Waals surface area contributed by atoms with Crippen LogP contribution >= 0.6 is 0 Å².